The minimum absolute atomic E-state index is 0.622. The molecule has 3 heterocycles. The molecule has 9 rings (SSSR count). The zero-order valence-corrected chi connectivity index (χ0v) is 24.3. The Morgan fingerprint density at radius 1 is 0.400 bits per heavy atom. The van der Waals surface area contributed by atoms with Gasteiger partial charge in [-0.15, -0.1) is 0 Å². The average Bonchev–Trinajstić information content (AvgIpc) is 3.12. The van der Waals surface area contributed by atoms with Gasteiger partial charge >= 0.3 is 0 Å². The van der Waals surface area contributed by atoms with Crippen LogP contribution in [0.1, 0.15) is 0 Å². The number of para-hydroxylation sites is 2. The van der Waals surface area contributed by atoms with Gasteiger partial charge in [-0.3, -0.25) is 4.90 Å². The lowest BCUT2D eigenvalue weighted by atomic mass is 9.93. The Morgan fingerprint density at radius 2 is 0.956 bits per heavy atom. The van der Waals surface area contributed by atoms with Crippen molar-refractivity contribution < 1.29 is 0 Å². The lowest BCUT2D eigenvalue weighted by Gasteiger charge is -2.32. The second-order valence-electron chi connectivity index (χ2n) is 11.3. The van der Waals surface area contributed by atoms with Gasteiger partial charge in [0.2, 0.25) is 5.95 Å². The largest absolute Gasteiger partial charge is 0.278 e. The molecule has 1 aliphatic rings. The molecular formula is C41H26N4. The van der Waals surface area contributed by atoms with Crippen molar-refractivity contribution in [3.8, 4) is 44.9 Å². The van der Waals surface area contributed by atoms with Crippen LogP contribution in [-0.2, 0) is 0 Å². The molecule has 1 aliphatic heterocycles. The third-order valence-corrected chi connectivity index (χ3v) is 8.62. The third kappa shape index (κ3) is 4.19. The maximum absolute atomic E-state index is 5.27. The van der Waals surface area contributed by atoms with Crippen molar-refractivity contribution in [2.75, 3.05) is 4.90 Å². The van der Waals surface area contributed by atoms with E-state index in [1.807, 2.05) is 12.1 Å². The molecule has 4 heteroatoms. The molecule has 0 saturated carbocycles. The molecule has 6 aromatic carbocycles. The fourth-order valence-corrected chi connectivity index (χ4v) is 6.49. The summed E-state index contributed by atoms with van der Waals surface area (Å²) < 4.78 is 0. The van der Waals surface area contributed by atoms with Crippen molar-refractivity contribution in [3.63, 3.8) is 0 Å². The first-order valence-electron chi connectivity index (χ1n) is 15.1. The summed E-state index contributed by atoms with van der Waals surface area (Å²) in [7, 11) is 0. The molecule has 2 aromatic heterocycles. The SMILES string of the molecule is c1ccc(-c2ccc(-c3cc(-c4ccccc4)nc(N4c5ccccc5-c5nc6ccccc6c6cccc4c56)n3)cc2)cc1. The highest BCUT2D eigenvalue weighted by Crippen LogP contribution is 2.50. The summed E-state index contributed by atoms with van der Waals surface area (Å²) in [6.07, 6.45) is 0. The number of anilines is 3. The maximum Gasteiger partial charge on any atom is 0.235 e. The van der Waals surface area contributed by atoms with Crippen molar-refractivity contribution in [2.45, 2.75) is 0 Å². The van der Waals surface area contributed by atoms with E-state index in [0.29, 0.717) is 5.95 Å². The van der Waals surface area contributed by atoms with Crippen LogP contribution in [0.3, 0.4) is 0 Å². The molecule has 0 N–H and O–H groups in total. The van der Waals surface area contributed by atoms with Crippen LogP contribution in [0.15, 0.2) is 158 Å². The average molecular weight is 575 g/mol. The predicted molar refractivity (Wildman–Crippen MR) is 185 cm³/mol. The van der Waals surface area contributed by atoms with Gasteiger partial charge in [0.15, 0.2) is 0 Å². The molecule has 45 heavy (non-hydrogen) atoms. The zero-order chi connectivity index (χ0) is 29.7. The zero-order valence-electron chi connectivity index (χ0n) is 24.3. The minimum atomic E-state index is 0.622. The van der Waals surface area contributed by atoms with E-state index >= 15 is 0 Å². The number of hydrogen-bond acceptors (Lipinski definition) is 4. The van der Waals surface area contributed by atoms with Crippen LogP contribution in [0.2, 0.25) is 0 Å². The first kappa shape index (κ1) is 25.4. The number of fused-ring (bicyclic) bond motifs is 4. The van der Waals surface area contributed by atoms with E-state index in [4.69, 9.17) is 15.0 Å². The Labute approximate surface area is 260 Å². The molecule has 210 valence electrons. The second kappa shape index (κ2) is 10.2. The first-order chi connectivity index (χ1) is 22.3. The van der Waals surface area contributed by atoms with Gasteiger partial charge in [0.25, 0.3) is 0 Å². The van der Waals surface area contributed by atoms with Crippen molar-refractivity contribution in [2.24, 2.45) is 0 Å². The van der Waals surface area contributed by atoms with E-state index in [1.54, 1.807) is 0 Å². The van der Waals surface area contributed by atoms with Crippen LogP contribution in [0.5, 0.6) is 0 Å². The fourth-order valence-electron chi connectivity index (χ4n) is 6.49. The number of rotatable bonds is 4. The summed E-state index contributed by atoms with van der Waals surface area (Å²) >= 11 is 0. The Morgan fingerprint density at radius 3 is 1.73 bits per heavy atom. The van der Waals surface area contributed by atoms with Gasteiger partial charge in [0, 0.05) is 27.5 Å². The number of benzene rings is 6. The predicted octanol–water partition coefficient (Wildman–Crippen LogP) is 10.6. The van der Waals surface area contributed by atoms with Gasteiger partial charge in [-0.25, -0.2) is 15.0 Å². The summed E-state index contributed by atoms with van der Waals surface area (Å²) in [6, 6.07) is 54.8. The van der Waals surface area contributed by atoms with E-state index in [9.17, 15) is 0 Å². The highest BCUT2D eigenvalue weighted by molar-refractivity contribution is 6.19. The first-order valence-corrected chi connectivity index (χ1v) is 15.1. The molecule has 0 atom stereocenters. The number of nitrogens with zero attached hydrogens (tertiary/aromatic N) is 4. The monoisotopic (exact) mass is 574 g/mol. The molecule has 0 amide bonds. The number of aromatic nitrogens is 3. The van der Waals surface area contributed by atoms with Gasteiger partial charge < -0.3 is 0 Å². The normalized spacial score (nSPS) is 12.0. The maximum atomic E-state index is 5.27. The van der Waals surface area contributed by atoms with Crippen molar-refractivity contribution in [1.29, 1.82) is 0 Å². The minimum Gasteiger partial charge on any atom is -0.278 e. The summed E-state index contributed by atoms with van der Waals surface area (Å²) in [5, 5.41) is 3.41. The van der Waals surface area contributed by atoms with E-state index in [2.05, 4.69) is 150 Å². The molecule has 4 nitrogen and oxygen atoms in total. The van der Waals surface area contributed by atoms with Gasteiger partial charge in [-0.2, -0.15) is 0 Å². The van der Waals surface area contributed by atoms with Crippen LogP contribution in [0.4, 0.5) is 17.3 Å². The molecule has 0 unspecified atom stereocenters. The fraction of sp³-hybridized carbons (Fsp3) is 0. The van der Waals surface area contributed by atoms with E-state index in [0.717, 1.165) is 61.4 Å². The number of pyridine rings is 1. The van der Waals surface area contributed by atoms with E-state index < -0.39 is 0 Å². The van der Waals surface area contributed by atoms with Crippen LogP contribution in [0.25, 0.3) is 66.6 Å². The number of hydrogen-bond donors (Lipinski definition) is 0. The molecule has 0 saturated heterocycles. The van der Waals surface area contributed by atoms with Gasteiger partial charge in [0.1, 0.15) is 0 Å². The van der Waals surface area contributed by atoms with Gasteiger partial charge in [-0.1, -0.05) is 133 Å². The van der Waals surface area contributed by atoms with Crippen molar-refractivity contribution >= 4 is 39.0 Å². The van der Waals surface area contributed by atoms with Crippen LogP contribution in [0, 0.1) is 0 Å². The Hall–Kier alpha value is -6.13. The summed E-state index contributed by atoms with van der Waals surface area (Å²) in [5.74, 6) is 0.622. The van der Waals surface area contributed by atoms with Crippen LogP contribution >= 0.6 is 0 Å². The molecule has 0 spiro atoms. The Bertz CT molecular complexity index is 2370. The van der Waals surface area contributed by atoms with Gasteiger partial charge in [0.05, 0.1) is 34.0 Å². The summed E-state index contributed by atoms with van der Waals surface area (Å²) in [6.45, 7) is 0. The van der Waals surface area contributed by atoms with Crippen molar-refractivity contribution in [1.82, 2.24) is 15.0 Å². The summed E-state index contributed by atoms with van der Waals surface area (Å²) in [4.78, 5) is 17.9. The molecule has 0 bridgehead atoms. The van der Waals surface area contributed by atoms with E-state index in [1.165, 1.54) is 16.5 Å². The van der Waals surface area contributed by atoms with E-state index in [-0.39, 0.29) is 0 Å². The lowest BCUT2D eigenvalue weighted by Crippen LogP contribution is -2.18. The highest BCUT2D eigenvalue weighted by atomic mass is 15.3. The third-order valence-electron chi connectivity index (χ3n) is 8.62. The Balaban J connectivity index is 1.29. The smallest absolute Gasteiger partial charge is 0.235 e. The second-order valence-corrected chi connectivity index (χ2v) is 11.3. The molecule has 8 aromatic rings. The quantitative estimate of drug-likeness (QED) is 0.196. The van der Waals surface area contributed by atoms with Crippen molar-refractivity contribution in [3.05, 3.63) is 158 Å². The standard InChI is InChI=1S/C41H26N4/c1-3-12-27(13-4-1)28-22-24-30(25-23-28)36-26-35(29-14-5-2-6-15-29)43-41(44-36)45-37-20-10-8-17-33(37)40-39-32(18-11-21-38(39)45)31-16-7-9-19-34(31)42-40/h1-26H. The topological polar surface area (TPSA) is 41.9 Å². The molecule has 0 fully saturated rings. The molecule has 0 aliphatic carbocycles. The van der Waals surface area contributed by atoms with Crippen LogP contribution < -0.4 is 4.90 Å². The Kier molecular flexibility index (Phi) is 5.78. The highest BCUT2D eigenvalue weighted by Gasteiger charge is 2.29. The van der Waals surface area contributed by atoms with Gasteiger partial charge in [-0.05, 0) is 40.8 Å². The van der Waals surface area contributed by atoms with Crippen LogP contribution in [-0.4, -0.2) is 15.0 Å². The molecule has 0 radical (unpaired) electrons. The lowest BCUT2D eigenvalue weighted by molar-refractivity contribution is 1.09. The molecular weight excluding hydrogens is 548 g/mol. The summed E-state index contributed by atoms with van der Waals surface area (Å²) in [5.41, 5.74) is 11.2.